The molecule has 0 aliphatic carbocycles. The summed E-state index contributed by atoms with van der Waals surface area (Å²) in [6.07, 6.45) is 3.06. The molecule has 1 aliphatic heterocycles. The number of nitrogens with two attached hydrogens (primary N) is 1. The summed E-state index contributed by atoms with van der Waals surface area (Å²) in [6, 6.07) is 3.14. The number of carbonyl (C=O) groups is 1. The van der Waals surface area contributed by atoms with Crippen LogP contribution in [0.4, 0.5) is 0 Å². The maximum Gasteiger partial charge on any atom is 0.248 e. The number of amides is 1. The minimum Gasteiger partial charge on any atom is -0.366 e. The summed E-state index contributed by atoms with van der Waals surface area (Å²) in [7, 11) is 0. The molecule has 1 amide bonds. The topological polar surface area (TPSA) is 80.0 Å². The van der Waals surface area contributed by atoms with Gasteiger partial charge in [0.15, 0.2) is 0 Å². The molecule has 0 aromatic carbocycles. The molecule has 2 heterocycles. The van der Waals surface area contributed by atoms with E-state index in [1.807, 2.05) is 0 Å². The molecule has 16 heavy (non-hydrogen) atoms. The number of aromatic nitrogens is 1. The first-order valence-electron chi connectivity index (χ1n) is 4.92. The molecule has 0 bridgehead atoms. The molecule has 1 aromatic rings. The fraction of sp³-hybridized carbons (Fsp3) is 0.400. The number of primary amides is 1. The van der Waals surface area contributed by atoms with Crippen molar-refractivity contribution in [3.8, 4) is 0 Å². The van der Waals surface area contributed by atoms with Crippen LogP contribution in [-0.4, -0.2) is 37.1 Å². The molecule has 4 N–H and O–H groups in total. The van der Waals surface area contributed by atoms with E-state index in [4.69, 9.17) is 5.73 Å². The van der Waals surface area contributed by atoms with Gasteiger partial charge in [-0.3, -0.25) is 9.78 Å². The van der Waals surface area contributed by atoms with Crippen molar-refractivity contribution in [2.75, 3.05) is 26.2 Å². The van der Waals surface area contributed by atoms with Gasteiger partial charge in [-0.05, 0) is 12.1 Å². The maximum atomic E-state index is 10.4. The maximum absolute atomic E-state index is 10.4. The van der Waals surface area contributed by atoms with Crippen molar-refractivity contribution in [3.63, 3.8) is 0 Å². The van der Waals surface area contributed by atoms with Crippen molar-refractivity contribution in [1.82, 2.24) is 15.6 Å². The first-order chi connectivity index (χ1) is 7.30. The summed E-state index contributed by atoms with van der Waals surface area (Å²) in [5.41, 5.74) is 5.44. The van der Waals surface area contributed by atoms with E-state index in [0.29, 0.717) is 5.56 Å². The lowest BCUT2D eigenvalue weighted by Crippen LogP contribution is -2.39. The van der Waals surface area contributed by atoms with E-state index >= 15 is 0 Å². The van der Waals surface area contributed by atoms with E-state index in [9.17, 15) is 4.79 Å². The summed E-state index contributed by atoms with van der Waals surface area (Å²) in [5.74, 6) is -0.419. The van der Waals surface area contributed by atoms with Crippen LogP contribution < -0.4 is 16.4 Å². The second-order valence-electron chi connectivity index (χ2n) is 3.10. The van der Waals surface area contributed by atoms with Gasteiger partial charge in [-0.2, -0.15) is 0 Å². The van der Waals surface area contributed by atoms with Crippen molar-refractivity contribution in [3.05, 3.63) is 30.1 Å². The van der Waals surface area contributed by atoms with Crippen LogP contribution in [0.5, 0.6) is 0 Å². The summed E-state index contributed by atoms with van der Waals surface area (Å²) in [4.78, 5) is 14.1. The highest BCUT2D eigenvalue weighted by atomic mass is 35.5. The Kier molecular flexibility index (Phi) is 8.42. The largest absolute Gasteiger partial charge is 0.366 e. The molecule has 0 saturated carbocycles. The third-order valence-corrected chi connectivity index (χ3v) is 1.92. The molecule has 0 spiro atoms. The van der Waals surface area contributed by atoms with E-state index in [2.05, 4.69) is 15.6 Å². The van der Waals surface area contributed by atoms with Crippen LogP contribution in [0.25, 0.3) is 0 Å². The molecular weight excluding hydrogens is 228 g/mol. The number of rotatable bonds is 1. The zero-order valence-electron chi connectivity index (χ0n) is 8.98. The molecule has 1 fully saturated rings. The summed E-state index contributed by atoms with van der Waals surface area (Å²) in [5, 5.41) is 6.44. The monoisotopic (exact) mass is 244 g/mol. The number of hydrogen-bond acceptors (Lipinski definition) is 4. The highest BCUT2D eigenvalue weighted by Crippen LogP contribution is 1.91. The number of halogens is 1. The van der Waals surface area contributed by atoms with Crippen molar-refractivity contribution in [2.45, 2.75) is 0 Å². The number of nitrogens with zero attached hydrogens (tertiary/aromatic N) is 1. The van der Waals surface area contributed by atoms with Crippen LogP contribution in [0.3, 0.4) is 0 Å². The SMILES string of the molecule is C1CNCCN1.Cl.NC(=O)c1ccncc1. The van der Waals surface area contributed by atoms with Gasteiger partial charge in [-0.25, -0.2) is 0 Å². The van der Waals surface area contributed by atoms with Crippen LogP contribution in [0.2, 0.25) is 0 Å². The Hall–Kier alpha value is -1.17. The number of nitrogens with one attached hydrogen (secondary N) is 2. The predicted octanol–water partition coefficient (Wildman–Crippen LogP) is -0.218. The Labute approximate surface area is 101 Å². The predicted molar refractivity (Wildman–Crippen MR) is 65.7 cm³/mol. The van der Waals surface area contributed by atoms with Crippen LogP contribution in [0.1, 0.15) is 10.4 Å². The quantitative estimate of drug-likeness (QED) is 0.638. The number of hydrogen-bond donors (Lipinski definition) is 3. The Morgan fingerprint density at radius 1 is 1.12 bits per heavy atom. The van der Waals surface area contributed by atoms with Crippen molar-refractivity contribution >= 4 is 18.3 Å². The standard InChI is InChI=1S/C6H6N2O.C4H10N2.ClH/c7-6(9)5-1-3-8-4-2-5;1-2-6-4-3-5-1;/h1-4H,(H2,7,9);5-6H,1-4H2;1H. The third kappa shape index (κ3) is 6.34. The van der Waals surface area contributed by atoms with E-state index in [1.54, 1.807) is 12.1 Å². The molecule has 1 aromatic heterocycles. The van der Waals surface area contributed by atoms with Crippen LogP contribution in [0, 0.1) is 0 Å². The lowest BCUT2D eigenvalue weighted by atomic mass is 10.3. The Morgan fingerprint density at radius 2 is 1.56 bits per heavy atom. The number of pyridine rings is 1. The van der Waals surface area contributed by atoms with Crippen molar-refractivity contribution in [1.29, 1.82) is 0 Å². The first kappa shape index (κ1) is 14.8. The zero-order chi connectivity index (χ0) is 10.9. The Morgan fingerprint density at radius 3 is 1.81 bits per heavy atom. The fourth-order valence-corrected chi connectivity index (χ4v) is 1.12. The average molecular weight is 245 g/mol. The lowest BCUT2D eigenvalue weighted by molar-refractivity contribution is 0.1000. The summed E-state index contributed by atoms with van der Waals surface area (Å²) in [6.45, 7) is 4.56. The molecule has 90 valence electrons. The van der Waals surface area contributed by atoms with Crippen LogP contribution >= 0.6 is 12.4 Å². The van der Waals surface area contributed by atoms with E-state index in [1.165, 1.54) is 12.4 Å². The molecule has 0 atom stereocenters. The molecule has 0 unspecified atom stereocenters. The zero-order valence-corrected chi connectivity index (χ0v) is 9.80. The van der Waals surface area contributed by atoms with Gasteiger partial charge in [0.1, 0.15) is 0 Å². The fourth-order valence-electron chi connectivity index (χ4n) is 1.12. The summed E-state index contributed by atoms with van der Waals surface area (Å²) < 4.78 is 0. The van der Waals surface area contributed by atoms with Gasteiger partial charge in [-0.1, -0.05) is 0 Å². The minimum atomic E-state index is -0.419. The first-order valence-corrected chi connectivity index (χ1v) is 4.92. The van der Waals surface area contributed by atoms with Gasteiger partial charge >= 0.3 is 0 Å². The second kappa shape index (κ2) is 9.08. The van der Waals surface area contributed by atoms with E-state index in [0.717, 1.165) is 26.2 Å². The van der Waals surface area contributed by atoms with E-state index in [-0.39, 0.29) is 12.4 Å². The lowest BCUT2D eigenvalue weighted by Gasteiger charge is -2.11. The highest BCUT2D eigenvalue weighted by Gasteiger charge is 1.94. The Balaban J connectivity index is 0.000000283. The molecule has 1 aliphatic rings. The molecule has 0 radical (unpaired) electrons. The van der Waals surface area contributed by atoms with Gasteiger partial charge in [0, 0.05) is 44.1 Å². The van der Waals surface area contributed by atoms with Crippen LogP contribution in [0.15, 0.2) is 24.5 Å². The Bertz CT molecular complexity index is 279. The third-order valence-electron chi connectivity index (χ3n) is 1.92. The summed E-state index contributed by atoms with van der Waals surface area (Å²) >= 11 is 0. The van der Waals surface area contributed by atoms with Gasteiger partial charge in [0.05, 0.1) is 0 Å². The molecule has 5 nitrogen and oxygen atoms in total. The minimum absolute atomic E-state index is 0. The molecule has 6 heteroatoms. The van der Waals surface area contributed by atoms with E-state index < -0.39 is 5.91 Å². The van der Waals surface area contributed by atoms with Gasteiger partial charge in [0.2, 0.25) is 5.91 Å². The highest BCUT2D eigenvalue weighted by molar-refractivity contribution is 5.92. The van der Waals surface area contributed by atoms with Crippen molar-refractivity contribution in [2.24, 2.45) is 5.73 Å². The van der Waals surface area contributed by atoms with Gasteiger partial charge in [-0.15, -0.1) is 12.4 Å². The second-order valence-corrected chi connectivity index (χ2v) is 3.10. The van der Waals surface area contributed by atoms with Gasteiger partial charge < -0.3 is 16.4 Å². The molecule has 2 rings (SSSR count). The smallest absolute Gasteiger partial charge is 0.248 e. The molecule has 1 saturated heterocycles. The average Bonchev–Trinajstić information content (AvgIpc) is 2.33. The number of piperazine rings is 1. The normalized spacial score (nSPS) is 14.0. The number of carbonyl (C=O) groups excluding carboxylic acids is 1. The molecular formula is C10H17ClN4O. The van der Waals surface area contributed by atoms with Gasteiger partial charge in [0.25, 0.3) is 0 Å². The van der Waals surface area contributed by atoms with Crippen LogP contribution in [-0.2, 0) is 0 Å². The van der Waals surface area contributed by atoms with Crippen molar-refractivity contribution < 1.29 is 4.79 Å².